The molecule has 0 spiro atoms. The molecule has 0 bridgehead atoms. The predicted molar refractivity (Wildman–Crippen MR) is 94.8 cm³/mol. The number of nitrogens with zero attached hydrogens (tertiary/aromatic N) is 2. The van der Waals surface area contributed by atoms with Crippen molar-refractivity contribution in [3.05, 3.63) is 40.2 Å². The lowest BCUT2D eigenvalue weighted by Crippen LogP contribution is -2.16. The first kappa shape index (κ1) is 16.2. The predicted octanol–water partition coefficient (Wildman–Crippen LogP) is 5.21. The molecule has 0 radical (unpaired) electrons. The van der Waals surface area contributed by atoms with E-state index < -0.39 is 0 Å². The van der Waals surface area contributed by atoms with Crippen molar-refractivity contribution in [3.8, 4) is 0 Å². The molecule has 0 unspecified atom stereocenters. The van der Waals surface area contributed by atoms with Gasteiger partial charge >= 0.3 is 0 Å². The largest absolute Gasteiger partial charge is 0.352 e. The molecular weight excluding hydrogens is 359 g/mol. The van der Waals surface area contributed by atoms with Crippen LogP contribution in [0.4, 0.5) is 21.8 Å². The van der Waals surface area contributed by atoms with Crippen LogP contribution in [0.2, 0.25) is 0 Å². The van der Waals surface area contributed by atoms with Crippen molar-refractivity contribution in [1.82, 2.24) is 9.97 Å². The highest BCUT2D eigenvalue weighted by Crippen LogP contribution is 2.40. The molecule has 1 aliphatic rings. The third-order valence-electron chi connectivity index (χ3n) is 3.92. The Labute approximate surface area is 144 Å². The fraction of sp³-hybridized carbons (Fsp3) is 0.412. The monoisotopic (exact) mass is 378 g/mol. The van der Waals surface area contributed by atoms with Crippen molar-refractivity contribution in [2.45, 2.75) is 45.1 Å². The number of hydrogen-bond acceptors (Lipinski definition) is 4. The highest BCUT2D eigenvalue weighted by atomic mass is 79.9. The van der Waals surface area contributed by atoms with Gasteiger partial charge in [0.15, 0.2) is 0 Å². The fourth-order valence-electron chi connectivity index (χ4n) is 2.23. The van der Waals surface area contributed by atoms with Crippen LogP contribution in [0.5, 0.6) is 0 Å². The maximum Gasteiger partial charge on any atom is 0.225 e. The van der Waals surface area contributed by atoms with E-state index in [1.807, 2.05) is 6.07 Å². The zero-order chi connectivity index (χ0) is 16.4. The van der Waals surface area contributed by atoms with Crippen LogP contribution in [0, 0.1) is 5.82 Å². The van der Waals surface area contributed by atoms with Crippen LogP contribution in [-0.2, 0) is 0 Å². The Balaban J connectivity index is 1.87. The number of nitrogens with one attached hydrogen (secondary N) is 2. The Morgan fingerprint density at radius 2 is 2.09 bits per heavy atom. The minimum Gasteiger partial charge on any atom is -0.352 e. The van der Waals surface area contributed by atoms with Crippen molar-refractivity contribution in [2.24, 2.45) is 0 Å². The van der Waals surface area contributed by atoms with Crippen molar-refractivity contribution in [1.29, 1.82) is 0 Å². The molecule has 0 amide bonds. The molecule has 0 aliphatic heterocycles. The Kier molecular flexibility index (Phi) is 4.80. The van der Waals surface area contributed by atoms with Crippen molar-refractivity contribution < 1.29 is 4.39 Å². The minimum atomic E-state index is -0.317. The average Bonchev–Trinajstić information content (AvgIpc) is 3.34. The normalized spacial score (nSPS) is 15.3. The molecule has 4 nitrogen and oxygen atoms in total. The van der Waals surface area contributed by atoms with Gasteiger partial charge in [-0.25, -0.2) is 9.37 Å². The third kappa shape index (κ3) is 4.19. The van der Waals surface area contributed by atoms with Gasteiger partial charge in [0.25, 0.3) is 0 Å². The maximum absolute atomic E-state index is 14.0. The Morgan fingerprint density at radius 1 is 1.30 bits per heavy atom. The van der Waals surface area contributed by atoms with Gasteiger partial charge in [-0.15, -0.1) is 0 Å². The Morgan fingerprint density at radius 3 is 2.74 bits per heavy atom. The van der Waals surface area contributed by atoms with Crippen LogP contribution in [0.1, 0.15) is 44.7 Å². The summed E-state index contributed by atoms with van der Waals surface area (Å²) in [4.78, 5) is 9.08. The number of anilines is 3. The smallest absolute Gasteiger partial charge is 0.225 e. The molecule has 3 rings (SSSR count). The number of hydrogen-bond donors (Lipinski definition) is 2. The molecule has 2 aromatic rings. The van der Waals surface area contributed by atoms with E-state index in [9.17, 15) is 4.39 Å². The van der Waals surface area contributed by atoms with Crippen molar-refractivity contribution >= 4 is 33.4 Å². The molecule has 1 aromatic heterocycles. The van der Waals surface area contributed by atoms with E-state index in [2.05, 4.69) is 50.4 Å². The molecule has 0 saturated heterocycles. The molecule has 1 atom stereocenters. The van der Waals surface area contributed by atoms with E-state index in [4.69, 9.17) is 0 Å². The van der Waals surface area contributed by atoms with Gasteiger partial charge in [-0.05, 0) is 44.4 Å². The van der Waals surface area contributed by atoms with E-state index in [1.165, 1.54) is 6.07 Å². The van der Waals surface area contributed by atoms with E-state index >= 15 is 0 Å². The van der Waals surface area contributed by atoms with E-state index in [0.717, 1.165) is 25.0 Å². The highest BCUT2D eigenvalue weighted by Gasteiger charge is 2.26. The van der Waals surface area contributed by atoms with Gasteiger partial charge in [-0.2, -0.15) is 4.98 Å². The highest BCUT2D eigenvalue weighted by molar-refractivity contribution is 9.10. The Bertz CT molecular complexity index is 703. The van der Waals surface area contributed by atoms with Crippen molar-refractivity contribution in [3.63, 3.8) is 0 Å². The van der Waals surface area contributed by atoms with Crippen molar-refractivity contribution in [2.75, 3.05) is 10.6 Å². The number of halogens is 2. The summed E-state index contributed by atoms with van der Waals surface area (Å²) in [7, 11) is 0. The summed E-state index contributed by atoms with van der Waals surface area (Å²) < 4.78 is 14.7. The zero-order valence-corrected chi connectivity index (χ0v) is 14.8. The average molecular weight is 379 g/mol. The van der Waals surface area contributed by atoms with E-state index in [1.54, 1.807) is 12.1 Å². The second-order valence-corrected chi connectivity index (χ2v) is 6.89. The van der Waals surface area contributed by atoms with Gasteiger partial charge in [-0.1, -0.05) is 22.9 Å². The van der Waals surface area contributed by atoms with Gasteiger partial charge in [0, 0.05) is 22.5 Å². The first-order valence-electron chi connectivity index (χ1n) is 7.92. The molecule has 122 valence electrons. The quantitative estimate of drug-likeness (QED) is 0.724. The third-order valence-corrected chi connectivity index (χ3v) is 4.42. The molecule has 1 heterocycles. The van der Waals surface area contributed by atoms with E-state index in [0.29, 0.717) is 33.9 Å². The Hall–Kier alpha value is -1.69. The van der Waals surface area contributed by atoms with Crippen LogP contribution in [-0.4, -0.2) is 16.0 Å². The summed E-state index contributed by atoms with van der Waals surface area (Å²) in [6.45, 7) is 4.20. The molecule has 2 N–H and O–H groups in total. The first-order valence-corrected chi connectivity index (χ1v) is 8.72. The van der Waals surface area contributed by atoms with Crippen LogP contribution in [0.25, 0.3) is 0 Å². The van der Waals surface area contributed by atoms with E-state index in [-0.39, 0.29) is 5.82 Å². The number of aromatic nitrogens is 2. The summed E-state index contributed by atoms with van der Waals surface area (Å²) in [6, 6.07) is 7.14. The number of benzene rings is 1. The molecule has 6 heteroatoms. The standard InChI is InChI=1S/C17H20BrFN4/c1-3-10(2)20-17-22-15(11-4-5-11)9-16(23-17)21-14-7-6-12(18)8-13(14)19/h6-11H,3-5H2,1-2H3,(H2,20,21,22,23)/t10-/m1/s1. The minimum absolute atomic E-state index is 0.293. The van der Waals surface area contributed by atoms with Crippen LogP contribution >= 0.6 is 15.9 Å². The second kappa shape index (κ2) is 6.83. The topological polar surface area (TPSA) is 49.8 Å². The molecular formula is C17H20BrFN4. The number of rotatable bonds is 6. The fourth-order valence-corrected chi connectivity index (χ4v) is 2.57. The lowest BCUT2D eigenvalue weighted by atomic mass is 10.2. The second-order valence-electron chi connectivity index (χ2n) is 5.98. The van der Waals surface area contributed by atoms with Gasteiger partial charge in [0.05, 0.1) is 11.4 Å². The summed E-state index contributed by atoms with van der Waals surface area (Å²) in [5, 5.41) is 6.37. The molecule has 1 fully saturated rings. The van der Waals surface area contributed by atoms with Gasteiger partial charge in [0.2, 0.25) is 5.95 Å². The first-order chi connectivity index (χ1) is 11.0. The molecule has 1 aliphatic carbocycles. The SMILES string of the molecule is CC[C@@H](C)Nc1nc(Nc2ccc(Br)cc2F)cc(C2CC2)n1. The van der Waals surface area contributed by atoms with Crippen LogP contribution < -0.4 is 10.6 Å². The lowest BCUT2D eigenvalue weighted by Gasteiger charge is -2.14. The van der Waals surface area contributed by atoms with Gasteiger partial charge < -0.3 is 10.6 Å². The van der Waals surface area contributed by atoms with Gasteiger partial charge in [-0.3, -0.25) is 0 Å². The molecule has 1 aromatic carbocycles. The summed E-state index contributed by atoms with van der Waals surface area (Å²) in [5.41, 5.74) is 1.42. The zero-order valence-electron chi connectivity index (χ0n) is 13.2. The van der Waals surface area contributed by atoms with Gasteiger partial charge in [0.1, 0.15) is 11.6 Å². The summed E-state index contributed by atoms with van der Waals surface area (Å²) >= 11 is 3.26. The maximum atomic E-state index is 14.0. The summed E-state index contributed by atoms with van der Waals surface area (Å²) in [6.07, 6.45) is 3.30. The van der Waals surface area contributed by atoms with Crippen LogP contribution in [0.15, 0.2) is 28.7 Å². The lowest BCUT2D eigenvalue weighted by molar-refractivity contribution is 0.631. The summed E-state index contributed by atoms with van der Waals surface area (Å²) in [5.74, 6) is 1.41. The molecule has 23 heavy (non-hydrogen) atoms. The van der Waals surface area contributed by atoms with Crippen LogP contribution in [0.3, 0.4) is 0 Å². The molecule has 1 saturated carbocycles.